The standard InChI is InChI=1S/C40H56/c1-31(19-13-21-33(3)25-27-37-35(5)23-15-29-39(37,7)8)17-11-12-18-32(2)20-14-22-34(4)26-28-38-36(6)24-16-30-40(38,9)10/h11-14,17-22,25-27H,1,15-16,23-24,28-30H2,2-10H3/b17-11+,18-12+,19-13+,22-14+,27-25+,32-20+,33-21+,34-26+. The van der Waals surface area contributed by atoms with Gasteiger partial charge in [-0.1, -0.05) is 147 Å². The van der Waals surface area contributed by atoms with E-state index in [-0.39, 0.29) is 5.41 Å². The molecule has 0 heteroatoms. The summed E-state index contributed by atoms with van der Waals surface area (Å²) in [5.74, 6) is 0. The third-order valence-electron chi connectivity index (χ3n) is 8.54. The Morgan fingerprint density at radius 3 is 1.85 bits per heavy atom. The van der Waals surface area contributed by atoms with Crippen LogP contribution < -0.4 is 0 Å². The molecule has 0 fully saturated rings. The van der Waals surface area contributed by atoms with E-state index in [4.69, 9.17) is 0 Å². The summed E-state index contributed by atoms with van der Waals surface area (Å²) in [4.78, 5) is 0. The van der Waals surface area contributed by atoms with Gasteiger partial charge in [0.1, 0.15) is 0 Å². The molecule has 0 aliphatic heterocycles. The summed E-state index contributed by atoms with van der Waals surface area (Å²) >= 11 is 0. The number of allylic oxidation sites excluding steroid dienone is 21. The van der Waals surface area contributed by atoms with E-state index in [1.165, 1.54) is 66.4 Å². The van der Waals surface area contributed by atoms with E-state index >= 15 is 0 Å². The van der Waals surface area contributed by atoms with Crippen LogP contribution in [-0.2, 0) is 0 Å². The van der Waals surface area contributed by atoms with Gasteiger partial charge in [0.2, 0.25) is 0 Å². The van der Waals surface area contributed by atoms with Gasteiger partial charge in [-0.3, -0.25) is 0 Å². The Morgan fingerprint density at radius 2 is 1.20 bits per heavy atom. The number of hydrogen-bond donors (Lipinski definition) is 0. The molecule has 40 heavy (non-hydrogen) atoms. The Kier molecular flexibility index (Phi) is 13.2. The Bertz CT molecular complexity index is 1200. The van der Waals surface area contributed by atoms with Gasteiger partial charge in [0, 0.05) is 0 Å². The van der Waals surface area contributed by atoms with E-state index in [9.17, 15) is 0 Å². The lowest BCUT2D eigenvalue weighted by molar-refractivity contribution is 0.360. The summed E-state index contributed by atoms with van der Waals surface area (Å²) in [5, 5.41) is 0. The molecule has 0 saturated carbocycles. The van der Waals surface area contributed by atoms with Crippen molar-refractivity contribution in [1.29, 1.82) is 0 Å². The van der Waals surface area contributed by atoms with Crippen molar-refractivity contribution in [2.75, 3.05) is 0 Å². The normalized spacial score (nSPS) is 21.4. The molecule has 0 radical (unpaired) electrons. The van der Waals surface area contributed by atoms with Crippen molar-refractivity contribution in [2.45, 2.75) is 107 Å². The van der Waals surface area contributed by atoms with E-state index in [0.717, 1.165) is 12.0 Å². The first-order valence-corrected chi connectivity index (χ1v) is 15.3. The van der Waals surface area contributed by atoms with Gasteiger partial charge in [0.05, 0.1) is 0 Å². The van der Waals surface area contributed by atoms with Crippen LogP contribution >= 0.6 is 0 Å². The van der Waals surface area contributed by atoms with Crippen LogP contribution in [0.5, 0.6) is 0 Å². The number of hydrogen-bond acceptors (Lipinski definition) is 0. The highest BCUT2D eigenvalue weighted by molar-refractivity contribution is 5.38. The predicted octanol–water partition coefficient (Wildman–Crippen LogP) is 12.6. The average Bonchev–Trinajstić information content (AvgIpc) is 2.85. The van der Waals surface area contributed by atoms with Crippen LogP contribution in [0.25, 0.3) is 0 Å². The van der Waals surface area contributed by atoms with Crippen molar-refractivity contribution in [3.05, 3.63) is 130 Å². The topological polar surface area (TPSA) is 0 Å². The van der Waals surface area contributed by atoms with Crippen molar-refractivity contribution in [3.8, 4) is 0 Å². The highest BCUT2D eigenvalue weighted by Crippen LogP contribution is 2.42. The van der Waals surface area contributed by atoms with Gasteiger partial charge in [0.25, 0.3) is 0 Å². The van der Waals surface area contributed by atoms with Crippen molar-refractivity contribution in [1.82, 2.24) is 0 Å². The summed E-state index contributed by atoms with van der Waals surface area (Å²) in [7, 11) is 0. The van der Waals surface area contributed by atoms with Crippen LogP contribution in [0.1, 0.15) is 107 Å². The van der Waals surface area contributed by atoms with Gasteiger partial charge in [-0.15, -0.1) is 0 Å². The van der Waals surface area contributed by atoms with Crippen LogP contribution in [0, 0.1) is 10.8 Å². The molecule has 0 aromatic rings. The zero-order chi connectivity index (χ0) is 29.8. The molecule has 2 aliphatic rings. The second kappa shape index (κ2) is 15.8. The Balaban J connectivity index is 1.84. The van der Waals surface area contributed by atoms with Gasteiger partial charge >= 0.3 is 0 Å². The molecule has 2 rings (SSSR count). The lowest BCUT2D eigenvalue weighted by Gasteiger charge is -2.34. The molecule has 0 amide bonds. The Hall–Kier alpha value is -2.86. The highest BCUT2D eigenvalue weighted by atomic mass is 14.3. The highest BCUT2D eigenvalue weighted by Gasteiger charge is 2.27. The molecule has 0 aromatic heterocycles. The fourth-order valence-electron chi connectivity index (χ4n) is 5.91. The average molecular weight is 537 g/mol. The maximum Gasteiger partial charge on any atom is -0.0104 e. The van der Waals surface area contributed by atoms with Crippen molar-refractivity contribution >= 4 is 0 Å². The van der Waals surface area contributed by atoms with Gasteiger partial charge in [0.15, 0.2) is 0 Å². The van der Waals surface area contributed by atoms with E-state index in [1.54, 1.807) is 11.1 Å². The molecular weight excluding hydrogens is 480 g/mol. The van der Waals surface area contributed by atoms with Crippen LogP contribution in [0.15, 0.2) is 130 Å². The quantitative estimate of drug-likeness (QED) is 0.182. The van der Waals surface area contributed by atoms with Gasteiger partial charge < -0.3 is 0 Å². The van der Waals surface area contributed by atoms with Crippen LogP contribution in [0.4, 0.5) is 0 Å². The zero-order valence-corrected chi connectivity index (χ0v) is 27.2. The zero-order valence-electron chi connectivity index (χ0n) is 27.2. The van der Waals surface area contributed by atoms with E-state index in [1.807, 2.05) is 6.08 Å². The SMILES string of the molecule is C=C(/C=C/C=C/C(C)=C/C=C/C(C)=C/CC1=C(C)CCCC1(C)C)/C=C/C=C(C)/C=C/C1=C(C)CCCC1(C)C. The molecule has 0 spiro atoms. The third-order valence-corrected chi connectivity index (χ3v) is 8.54. The fourth-order valence-corrected chi connectivity index (χ4v) is 5.91. The largest absolute Gasteiger partial charge is 0.0918 e. The molecular formula is C40H56. The predicted molar refractivity (Wildman–Crippen MR) is 181 cm³/mol. The minimum atomic E-state index is 0.282. The molecule has 216 valence electrons. The minimum Gasteiger partial charge on any atom is -0.0918 e. The van der Waals surface area contributed by atoms with E-state index < -0.39 is 0 Å². The Labute approximate surface area is 247 Å². The summed E-state index contributed by atoms with van der Waals surface area (Å²) < 4.78 is 0. The molecule has 2 aliphatic carbocycles. The van der Waals surface area contributed by atoms with Gasteiger partial charge in [-0.25, -0.2) is 0 Å². The molecule has 0 nitrogen and oxygen atoms in total. The maximum absolute atomic E-state index is 4.15. The maximum atomic E-state index is 4.15. The molecule has 0 bridgehead atoms. The van der Waals surface area contributed by atoms with Crippen LogP contribution in [-0.4, -0.2) is 0 Å². The summed E-state index contributed by atoms with van der Waals surface area (Å²) in [5.41, 5.74) is 11.7. The van der Waals surface area contributed by atoms with Gasteiger partial charge in [-0.2, -0.15) is 0 Å². The molecule has 0 heterocycles. The van der Waals surface area contributed by atoms with Crippen molar-refractivity contribution in [2.24, 2.45) is 10.8 Å². The Morgan fingerprint density at radius 1 is 0.675 bits per heavy atom. The lowest BCUT2D eigenvalue weighted by atomic mass is 9.71. The summed E-state index contributed by atoms with van der Waals surface area (Å²) in [6.45, 7) is 24.8. The van der Waals surface area contributed by atoms with E-state index in [2.05, 4.69) is 142 Å². The van der Waals surface area contributed by atoms with E-state index in [0.29, 0.717) is 5.41 Å². The van der Waals surface area contributed by atoms with Crippen molar-refractivity contribution in [3.63, 3.8) is 0 Å². The molecule has 0 N–H and O–H groups in total. The first-order valence-electron chi connectivity index (χ1n) is 15.3. The molecule has 0 aromatic carbocycles. The first-order chi connectivity index (χ1) is 18.8. The van der Waals surface area contributed by atoms with Crippen molar-refractivity contribution < 1.29 is 0 Å². The summed E-state index contributed by atoms with van der Waals surface area (Å²) in [6, 6.07) is 0. The fraction of sp³-hybridized carbons (Fsp3) is 0.450. The third kappa shape index (κ3) is 11.3. The minimum absolute atomic E-state index is 0.282. The van der Waals surface area contributed by atoms with Crippen LogP contribution in [0.2, 0.25) is 0 Å². The summed E-state index contributed by atoms with van der Waals surface area (Å²) in [6.07, 6.45) is 36.9. The first kappa shape index (κ1) is 33.3. The molecule has 0 unspecified atom stereocenters. The molecule has 0 atom stereocenters. The molecule has 0 saturated heterocycles. The van der Waals surface area contributed by atoms with Crippen LogP contribution in [0.3, 0.4) is 0 Å². The smallest absolute Gasteiger partial charge is 0.0104 e. The second-order valence-corrected chi connectivity index (χ2v) is 13.2. The second-order valence-electron chi connectivity index (χ2n) is 13.2. The lowest BCUT2D eigenvalue weighted by Crippen LogP contribution is -2.20. The van der Waals surface area contributed by atoms with Gasteiger partial charge in [-0.05, 0) is 102 Å². The monoisotopic (exact) mass is 536 g/mol. The number of rotatable bonds is 11.